The third-order valence-electron chi connectivity index (χ3n) is 2.96. The van der Waals surface area contributed by atoms with E-state index in [4.69, 9.17) is 4.74 Å². The first kappa shape index (κ1) is 8.81. The molecule has 1 fully saturated rings. The molecule has 2 aliphatic heterocycles. The molecule has 2 atom stereocenters. The summed E-state index contributed by atoms with van der Waals surface area (Å²) in [5.74, 6) is 0.930. The van der Waals surface area contributed by atoms with Gasteiger partial charge in [-0.25, -0.2) is 0 Å². The predicted molar refractivity (Wildman–Crippen MR) is 51.9 cm³/mol. The normalized spacial score (nSPS) is 38.6. The second-order valence-electron chi connectivity index (χ2n) is 3.96. The maximum absolute atomic E-state index is 5.53. The van der Waals surface area contributed by atoms with Crippen molar-refractivity contribution in [3.05, 3.63) is 0 Å². The van der Waals surface area contributed by atoms with E-state index in [-0.39, 0.29) is 11.6 Å². The molecular formula is C9H17N3O. The monoisotopic (exact) mass is 183 g/mol. The van der Waals surface area contributed by atoms with Crippen molar-refractivity contribution < 1.29 is 4.74 Å². The van der Waals surface area contributed by atoms with Crippen molar-refractivity contribution in [1.29, 1.82) is 0 Å². The molecule has 1 saturated heterocycles. The number of hydrogen-bond donors (Lipinski definition) is 2. The summed E-state index contributed by atoms with van der Waals surface area (Å²) < 4.78 is 5.53. The van der Waals surface area contributed by atoms with Crippen LogP contribution in [-0.2, 0) is 4.74 Å². The van der Waals surface area contributed by atoms with Crippen LogP contribution in [0.3, 0.4) is 0 Å². The summed E-state index contributed by atoms with van der Waals surface area (Å²) in [6.07, 6.45) is 1.31. The van der Waals surface area contributed by atoms with E-state index in [1.165, 1.54) is 0 Å². The highest BCUT2D eigenvalue weighted by Gasteiger charge is 2.37. The highest BCUT2D eigenvalue weighted by atomic mass is 16.5. The quantitative estimate of drug-likeness (QED) is 0.606. The number of nitrogens with one attached hydrogen (secondary N) is 2. The summed E-state index contributed by atoms with van der Waals surface area (Å²) in [7, 11) is 0. The van der Waals surface area contributed by atoms with E-state index in [9.17, 15) is 0 Å². The van der Waals surface area contributed by atoms with Crippen molar-refractivity contribution in [3.8, 4) is 0 Å². The first-order valence-electron chi connectivity index (χ1n) is 4.89. The van der Waals surface area contributed by atoms with Gasteiger partial charge in [-0.1, -0.05) is 0 Å². The Balaban J connectivity index is 1.99. The number of hydrogen-bond acceptors (Lipinski definition) is 4. The standard InChI is InChI=1S/C9H17N3O/c1-7-9(2,3-6-13-7)12-8-10-4-5-11-8/h7H,3-6H2,1-2H3,(H2,10,11,12). The minimum absolute atomic E-state index is 0.0518. The molecule has 2 heterocycles. The second kappa shape index (κ2) is 3.18. The van der Waals surface area contributed by atoms with Gasteiger partial charge in [-0.3, -0.25) is 4.99 Å². The molecule has 0 aromatic rings. The topological polar surface area (TPSA) is 45.6 Å². The molecule has 0 aromatic carbocycles. The molecular weight excluding hydrogens is 166 g/mol. The zero-order valence-corrected chi connectivity index (χ0v) is 8.26. The minimum Gasteiger partial charge on any atom is -0.376 e. The highest BCUT2D eigenvalue weighted by Crippen LogP contribution is 2.24. The van der Waals surface area contributed by atoms with Crippen LogP contribution in [0.2, 0.25) is 0 Å². The third-order valence-corrected chi connectivity index (χ3v) is 2.96. The smallest absolute Gasteiger partial charge is 0.191 e. The number of guanidine groups is 1. The summed E-state index contributed by atoms with van der Waals surface area (Å²) in [6.45, 7) is 6.97. The van der Waals surface area contributed by atoms with Gasteiger partial charge in [0, 0.05) is 13.2 Å². The molecule has 0 bridgehead atoms. The van der Waals surface area contributed by atoms with E-state index < -0.39 is 0 Å². The minimum atomic E-state index is 0.0518. The number of aliphatic imine (C=N–C) groups is 1. The molecule has 2 N–H and O–H groups in total. The van der Waals surface area contributed by atoms with E-state index in [1.54, 1.807) is 0 Å². The van der Waals surface area contributed by atoms with Crippen LogP contribution in [0.15, 0.2) is 4.99 Å². The van der Waals surface area contributed by atoms with E-state index >= 15 is 0 Å². The van der Waals surface area contributed by atoms with Crippen LogP contribution < -0.4 is 10.6 Å². The lowest BCUT2D eigenvalue weighted by Gasteiger charge is -2.29. The van der Waals surface area contributed by atoms with Gasteiger partial charge in [0.1, 0.15) is 0 Å². The van der Waals surface area contributed by atoms with Gasteiger partial charge in [0.25, 0.3) is 0 Å². The van der Waals surface area contributed by atoms with Crippen LogP contribution in [0.4, 0.5) is 0 Å². The van der Waals surface area contributed by atoms with Crippen molar-refractivity contribution in [2.45, 2.75) is 31.9 Å². The van der Waals surface area contributed by atoms with E-state index in [0.29, 0.717) is 0 Å². The largest absolute Gasteiger partial charge is 0.376 e. The molecule has 0 amide bonds. The fraction of sp³-hybridized carbons (Fsp3) is 0.889. The molecule has 0 saturated carbocycles. The Hall–Kier alpha value is -0.770. The lowest BCUT2D eigenvalue weighted by atomic mass is 9.95. The summed E-state index contributed by atoms with van der Waals surface area (Å²) in [6, 6.07) is 0. The van der Waals surface area contributed by atoms with E-state index in [2.05, 4.69) is 29.5 Å². The molecule has 74 valence electrons. The molecule has 4 nitrogen and oxygen atoms in total. The predicted octanol–water partition coefficient (Wildman–Crippen LogP) is 0.103. The van der Waals surface area contributed by atoms with Gasteiger partial charge in [0.05, 0.1) is 18.2 Å². The Morgan fingerprint density at radius 1 is 1.69 bits per heavy atom. The van der Waals surface area contributed by atoms with Crippen LogP contribution in [-0.4, -0.2) is 37.3 Å². The van der Waals surface area contributed by atoms with Crippen molar-refractivity contribution in [1.82, 2.24) is 10.6 Å². The Kier molecular flexibility index (Phi) is 2.15. The molecule has 4 heteroatoms. The average Bonchev–Trinajstić information content (AvgIpc) is 2.65. The molecule has 0 aromatic heterocycles. The van der Waals surface area contributed by atoms with E-state index in [1.807, 2.05) is 0 Å². The number of ether oxygens (including phenoxy) is 1. The van der Waals surface area contributed by atoms with Crippen LogP contribution in [0.5, 0.6) is 0 Å². The Morgan fingerprint density at radius 3 is 3.08 bits per heavy atom. The fourth-order valence-corrected chi connectivity index (χ4v) is 1.75. The van der Waals surface area contributed by atoms with Gasteiger partial charge in [-0.2, -0.15) is 0 Å². The number of rotatable bonds is 1. The summed E-state index contributed by atoms with van der Waals surface area (Å²) in [4.78, 5) is 4.32. The Morgan fingerprint density at radius 2 is 2.54 bits per heavy atom. The fourth-order valence-electron chi connectivity index (χ4n) is 1.75. The zero-order valence-electron chi connectivity index (χ0n) is 8.26. The summed E-state index contributed by atoms with van der Waals surface area (Å²) in [5.41, 5.74) is 0.0518. The first-order chi connectivity index (χ1) is 6.21. The lowest BCUT2D eigenvalue weighted by molar-refractivity contribution is 0.0946. The van der Waals surface area contributed by atoms with Crippen molar-refractivity contribution >= 4 is 5.96 Å². The Labute approximate surface area is 78.8 Å². The maximum atomic E-state index is 5.53. The van der Waals surface area contributed by atoms with Gasteiger partial charge >= 0.3 is 0 Å². The van der Waals surface area contributed by atoms with Crippen molar-refractivity contribution in [2.24, 2.45) is 4.99 Å². The third kappa shape index (κ3) is 1.63. The van der Waals surface area contributed by atoms with E-state index in [0.717, 1.165) is 32.1 Å². The second-order valence-corrected chi connectivity index (χ2v) is 3.96. The first-order valence-corrected chi connectivity index (χ1v) is 4.89. The highest BCUT2D eigenvalue weighted by molar-refractivity contribution is 5.82. The summed E-state index contributed by atoms with van der Waals surface area (Å²) in [5, 5.41) is 6.63. The molecule has 2 aliphatic rings. The van der Waals surface area contributed by atoms with Gasteiger partial charge in [-0.15, -0.1) is 0 Å². The van der Waals surface area contributed by atoms with Gasteiger partial charge in [0.15, 0.2) is 5.96 Å². The SMILES string of the molecule is CC1OCCC1(C)NC1=NCCN1. The van der Waals surface area contributed by atoms with Crippen LogP contribution >= 0.6 is 0 Å². The zero-order chi connectivity index (χ0) is 9.31. The molecule has 0 aliphatic carbocycles. The molecule has 0 spiro atoms. The van der Waals surface area contributed by atoms with Gasteiger partial charge < -0.3 is 15.4 Å². The average molecular weight is 183 g/mol. The molecule has 0 radical (unpaired) electrons. The molecule has 2 unspecified atom stereocenters. The summed E-state index contributed by atoms with van der Waals surface area (Å²) >= 11 is 0. The molecule has 2 rings (SSSR count). The number of nitrogens with zero attached hydrogens (tertiary/aromatic N) is 1. The van der Waals surface area contributed by atoms with Crippen LogP contribution in [0.25, 0.3) is 0 Å². The van der Waals surface area contributed by atoms with Crippen molar-refractivity contribution in [2.75, 3.05) is 19.7 Å². The Bertz CT molecular complexity index is 229. The van der Waals surface area contributed by atoms with Gasteiger partial charge in [-0.05, 0) is 20.3 Å². The maximum Gasteiger partial charge on any atom is 0.191 e. The van der Waals surface area contributed by atoms with Crippen molar-refractivity contribution in [3.63, 3.8) is 0 Å². The molecule has 13 heavy (non-hydrogen) atoms. The van der Waals surface area contributed by atoms with Gasteiger partial charge in [0.2, 0.25) is 0 Å². The lowest BCUT2D eigenvalue weighted by Crippen LogP contribution is -2.53. The van der Waals surface area contributed by atoms with Crippen LogP contribution in [0.1, 0.15) is 20.3 Å². The van der Waals surface area contributed by atoms with Crippen LogP contribution in [0, 0.1) is 0 Å².